The van der Waals surface area contributed by atoms with Crippen molar-refractivity contribution in [3.8, 4) is 11.4 Å². The number of H-pyrrole nitrogens is 1. The number of fused-ring (bicyclic) bond motifs is 1. The second-order valence-electron chi connectivity index (χ2n) is 5.25. The number of carbonyl (C=O) groups is 1. The molecule has 0 unspecified atom stereocenters. The Bertz CT molecular complexity index is 1050. The van der Waals surface area contributed by atoms with Gasteiger partial charge in [-0.3, -0.25) is 9.36 Å². The van der Waals surface area contributed by atoms with Crippen LogP contribution in [0, 0.1) is 4.77 Å². The van der Waals surface area contributed by atoms with Crippen molar-refractivity contribution in [2.24, 2.45) is 0 Å². The Kier molecular flexibility index (Phi) is 4.67. The summed E-state index contributed by atoms with van der Waals surface area (Å²) in [5, 5.41) is 0.490. The highest BCUT2D eigenvalue weighted by Crippen LogP contribution is 2.18. The van der Waals surface area contributed by atoms with Crippen LogP contribution in [0.1, 0.15) is 17.3 Å². The number of carbonyl (C=O) groups excluding carboxylic acids is 1. The molecule has 1 heterocycles. The Morgan fingerprint density at radius 3 is 2.56 bits per heavy atom. The summed E-state index contributed by atoms with van der Waals surface area (Å²) in [4.78, 5) is 27.6. The summed E-state index contributed by atoms with van der Waals surface area (Å²) in [6.45, 7) is 2.05. The number of esters is 1. The standard InChI is InChI=1S/C18H16N2O4S/c1-3-24-17(22)11-4-6-12(7-5-11)20-16(21)14-9-8-13(23-2)10-15(14)19-18(20)25/h4-10H,3H2,1-2H3,(H,19,25). The van der Waals surface area contributed by atoms with E-state index in [0.717, 1.165) is 0 Å². The molecule has 0 saturated carbocycles. The van der Waals surface area contributed by atoms with Crippen LogP contribution >= 0.6 is 12.2 Å². The van der Waals surface area contributed by atoms with Gasteiger partial charge in [-0.05, 0) is 55.5 Å². The molecule has 0 aliphatic carbocycles. The first kappa shape index (κ1) is 16.9. The molecule has 0 aliphatic rings. The van der Waals surface area contributed by atoms with E-state index in [2.05, 4.69) is 4.98 Å². The van der Waals surface area contributed by atoms with Gasteiger partial charge in [-0.2, -0.15) is 0 Å². The third kappa shape index (κ3) is 3.18. The monoisotopic (exact) mass is 356 g/mol. The summed E-state index contributed by atoms with van der Waals surface area (Å²) in [6.07, 6.45) is 0. The van der Waals surface area contributed by atoms with Gasteiger partial charge in [0.15, 0.2) is 4.77 Å². The Hall–Kier alpha value is -2.93. The first-order chi connectivity index (χ1) is 12.0. The third-order valence-corrected chi connectivity index (χ3v) is 4.03. The van der Waals surface area contributed by atoms with E-state index in [4.69, 9.17) is 21.7 Å². The molecule has 0 atom stereocenters. The Balaban J connectivity index is 2.11. The number of benzene rings is 2. The van der Waals surface area contributed by atoms with Gasteiger partial charge in [0.25, 0.3) is 5.56 Å². The van der Waals surface area contributed by atoms with Gasteiger partial charge >= 0.3 is 5.97 Å². The molecule has 25 heavy (non-hydrogen) atoms. The normalized spacial score (nSPS) is 10.6. The van der Waals surface area contributed by atoms with E-state index in [0.29, 0.717) is 34.5 Å². The van der Waals surface area contributed by atoms with Gasteiger partial charge in [-0.1, -0.05) is 0 Å². The summed E-state index contributed by atoms with van der Waals surface area (Å²) >= 11 is 5.33. The molecule has 1 N–H and O–H groups in total. The van der Waals surface area contributed by atoms with Gasteiger partial charge in [0, 0.05) is 6.07 Å². The molecule has 3 rings (SSSR count). The van der Waals surface area contributed by atoms with Crippen molar-refractivity contribution in [3.05, 3.63) is 63.2 Å². The van der Waals surface area contributed by atoms with Crippen LogP contribution < -0.4 is 10.3 Å². The van der Waals surface area contributed by atoms with Gasteiger partial charge in [0.2, 0.25) is 0 Å². The molecule has 6 nitrogen and oxygen atoms in total. The fourth-order valence-electron chi connectivity index (χ4n) is 2.52. The number of hydrogen-bond acceptors (Lipinski definition) is 5. The summed E-state index contributed by atoms with van der Waals surface area (Å²) < 4.78 is 11.8. The molecule has 0 radical (unpaired) electrons. The second-order valence-corrected chi connectivity index (χ2v) is 5.64. The minimum atomic E-state index is -0.405. The summed E-state index contributed by atoms with van der Waals surface area (Å²) in [6, 6.07) is 11.7. The minimum absolute atomic E-state index is 0.245. The Morgan fingerprint density at radius 1 is 1.20 bits per heavy atom. The van der Waals surface area contributed by atoms with Crippen molar-refractivity contribution in [2.45, 2.75) is 6.92 Å². The summed E-state index contributed by atoms with van der Waals surface area (Å²) in [5.74, 6) is 0.228. The van der Waals surface area contributed by atoms with E-state index in [-0.39, 0.29) is 10.3 Å². The predicted molar refractivity (Wildman–Crippen MR) is 97.2 cm³/mol. The van der Waals surface area contributed by atoms with Crippen LogP contribution in [0.3, 0.4) is 0 Å². The maximum Gasteiger partial charge on any atom is 0.338 e. The maximum absolute atomic E-state index is 12.8. The van der Waals surface area contributed by atoms with Crippen molar-refractivity contribution in [2.75, 3.05) is 13.7 Å². The van der Waals surface area contributed by atoms with E-state index in [9.17, 15) is 9.59 Å². The molecule has 128 valence electrons. The Morgan fingerprint density at radius 2 is 1.92 bits per heavy atom. The molecular weight excluding hydrogens is 340 g/mol. The van der Waals surface area contributed by atoms with Crippen molar-refractivity contribution in [3.63, 3.8) is 0 Å². The van der Waals surface area contributed by atoms with Gasteiger partial charge in [-0.15, -0.1) is 0 Å². The van der Waals surface area contributed by atoms with E-state index >= 15 is 0 Å². The molecule has 0 fully saturated rings. The zero-order chi connectivity index (χ0) is 18.0. The number of aromatic nitrogens is 2. The highest BCUT2D eigenvalue weighted by molar-refractivity contribution is 7.71. The quantitative estimate of drug-likeness (QED) is 0.574. The molecule has 0 saturated heterocycles. The molecular formula is C18H16N2O4S. The average Bonchev–Trinajstić information content (AvgIpc) is 2.62. The van der Waals surface area contributed by atoms with E-state index in [1.807, 2.05) is 0 Å². The smallest absolute Gasteiger partial charge is 0.338 e. The lowest BCUT2D eigenvalue weighted by Gasteiger charge is -2.10. The molecule has 0 spiro atoms. The molecule has 0 bridgehead atoms. The first-order valence-corrected chi connectivity index (χ1v) is 8.06. The van der Waals surface area contributed by atoms with Crippen molar-refractivity contribution in [1.29, 1.82) is 0 Å². The van der Waals surface area contributed by atoms with E-state index in [1.54, 1.807) is 56.5 Å². The van der Waals surface area contributed by atoms with Crippen LogP contribution in [0.15, 0.2) is 47.3 Å². The fraction of sp³-hybridized carbons (Fsp3) is 0.167. The largest absolute Gasteiger partial charge is 0.497 e. The van der Waals surface area contributed by atoms with E-state index < -0.39 is 5.97 Å². The van der Waals surface area contributed by atoms with Crippen molar-refractivity contribution < 1.29 is 14.3 Å². The SMILES string of the molecule is CCOC(=O)c1ccc(-n2c(=S)[nH]c3cc(OC)ccc3c2=O)cc1. The van der Waals surface area contributed by atoms with Gasteiger partial charge in [0.05, 0.1) is 35.9 Å². The average molecular weight is 356 g/mol. The fourth-order valence-corrected chi connectivity index (χ4v) is 2.82. The maximum atomic E-state index is 12.8. The zero-order valence-corrected chi connectivity index (χ0v) is 14.6. The highest BCUT2D eigenvalue weighted by atomic mass is 32.1. The number of rotatable bonds is 4. The van der Waals surface area contributed by atoms with Crippen LogP contribution in [0.4, 0.5) is 0 Å². The number of hydrogen-bond donors (Lipinski definition) is 1. The van der Waals surface area contributed by atoms with Crippen LogP contribution in [0.25, 0.3) is 16.6 Å². The number of methoxy groups -OCH3 is 1. The van der Waals surface area contributed by atoms with Crippen LogP contribution in [-0.4, -0.2) is 29.2 Å². The topological polar surface area (TPSA) is 73.3 Å². The molecule has 2 aromatic carbocycles. The van der Waals surface area contributed by atoms with Crippen molar-refractivity contribution >= 4 is 29.1 Å². The number of nitrogens with one attached hydrogen (secondary N) is 1. The minimum Gasteiger partial charge on any atom is -0.497 e. The highest BCUT2D eigenvalue weighted by Gasteiger charge is 2.10. The van der Waals surface area contributed by atoms with Gasteiger partial charge in [-0.25, -0.2) is 4.79 Å². The number of ether oxygens (including phenoxy) is 2. The van der Waals surface area contributed by atoms with Gasteiger partial charge < -0.3 is 14.5 Å². The lowest BCUT2D eigenvalue weighted by molar-refractivity contribution is 0.0526. The molecule has 3 aromatic rings. The van der Waals surface area contributed by atoms with Crippen LogP contribution in [0.2, 0.25) is 0 Å². The number of aromatic amines is 1. The van der Waals surface area contributed by atoms with Crippen LogP contribution in [-0.2, 0) is 4.74 Å². The molecule has 0 aliphatic heterocycles. The summed E-state index contributed by atoms with van der Waals surface area (Å²) in [7, 11) is 1.56. The lowest BCUT2D eigenvalue weighted by Crippen LogP contribution is -2.20. The van der Waals surface area contributed by atoms with Crippen molar-refractivity contribution in [1.82, 2.24) is 9.55 Å². The summed E-state index contributed by atoms with van der Waals surface area (Å²) in [5.41, 5.74) is 1.34. The zero-order valence-electron chi connectivity index (χ0n) is 13.7. The number of nitrogens with zero attached hydrogens (tertiary/aromatic N) is 1. The first-order valence-electron chi connectivity index (χ1n) is 7.65. The Labute approximate surface area is 148 Å². The van der Waals surface area contributed by atoms with Gasteiger partial charge in [0.1, 0.15) is 5.75 Å². The molecule has 7 heteroatoms. The molecule has 0 amide bonds. The molecule has 1 aromatic heterocycles. The predicted octanol–water partition coefficient (Wildman–Crippen LogP) is 3.23. The van der Waals surface area contributed by atoms with Crippen LogP contribution in [0.5, 0.6) is 5.75 Å². The second kappa shape index (κ2) is 6.90. The lowest BCUT2D eigenvalue weighted by atomic mass is 10.2. The van der Waals surface area contributed by atoms with E-state index in [1.165, 1.54) is 4.57 Å². The third-order valence-electron chi connectivity index (χ3n) is 3.74.